The Kier molecular flexibility index (Phi) is 8.17. The van der Waals surface area contributed by atoms with Crippen LogP contribution in [0.4, 0.5) is 0 Å². The maximum absolute atomic E-state index is 6.40. The maximum Gasteiger partial charge on any atom is 0.124 e. The molecule has 0 saturated heterocycles. The van der Waals surface area contributed by atoms with Crippen molar-refractivity contribution in [1.82, 2.24) is 5.32 Å². The first-order valence-corrected chi connectivity index (χ1v) is 14.2. The van der Waals surface area contributed by atoms with Gasteiger partial charge in [-0.05, 0) is 80.7 Å². The van der Waals surface area contributed by atoms with Gasteiger partial charge in [-0.3, -0.25) is 0 Å². The first kappa shape index (κ1) is 23.1. The van der Waals surface area contributed by atoms with Gasteiger partial charge in [0.05, 0.1) is 6.10 Å². The summed E-state index contributed by atoms with van der Waals surface area (Å²) in [6.07, 6.45) is 14.6. The molecule has 5 rings (SSSR count). The third-order valence-electron chi connectivity index (χ3n) is 7.57. The molecule has 2 saturated carbocycles. The molecule has 1 aliphatic heterocycles. The second kappa shape index (κ2) is 11.7. The summed E-state index contributed by atoms with van der Waals surface area (Å²) in [6.45, 7) is 1.16. The van der Waals surface area contributed by atoms with Crippen molar-refractivity contribution in [3.05, 3.63) is 59.7 Å². The zero-order valence-electron chi connectivity index (χ0n) is 19.8. The molecular formula is C29H39NO2S. The Bertz CT molecular complexity index is 859. The number of hydrogen-bond acceptors (Lipinski definition) is 4. The molecule has 1 unspecified atom stereocenters. The molecule has 178 valence electrons. The SMILES string of the molecule is c1ccc(C2CCc3cc(OC4CCC(NCCSC5CCCCC5)CC4)ccc3O2)cc1. The van der Waals surface area contributed by atoms with E-state index >= 15 is 0 Å². The predicted molar refractivity (Wildman–Crippen MR) is 139 cm³/mol. The molecule has 0 radical (unpaired) electrons. The Morgan fingerprint density at radius 1 is 0.879 bits per heavy atom. The minimum Gasteiger partial charge on any atom is -0.490 e. The molecule has 0 spiro atoms. The molecule has 2 fully saturated rings. The summed E-state index contributed by atoms with van der Waals surface area (Å²) in [5.41, 5.74) is 2.55. The van der Waals surface area contributed by atoms with Gasteiger partial charge < -0.3 is 14.8 Å². The summed E-state index contributed by atoms with van der Waals surface area (Å²) in [7, 11) is 0. The van der Waals surface area contributed by atoms with E-state index in [1.165, 1.54) is 61.8 Å². The highest BCUT2D eigenvalue weighted by molar-refractivity contribution is 7.99. The lowest BCUT2D eigenvalue weighted by Crippen LogP contribution is -2.37. The van der Waals surface area contributed by atoms with Gasteiger partial charge in [-0.2, -0.15) is 11.8 Å². The lowest BCUT2D eigenvalue weighted by atomic mass is 9.93. The van der Waals surface area contributed by atoms with Crippen LogP contribution in [0.25, 0.3) is 0 Å². The Morgan fingerprint density at radius 2 is 1.70 bits per heavy atom. The highest BCUT2D eigenvalue weighted by Crippen LogP contribution is 2.37. The van der Waals surface area contributed by atoms with E-state index in [2.05, 4.69) is 65.6 Å². The normalized spacial score (nSPS) is 25.8. The summed E-state index contributed by atoms with van der Waals surface area (Å²) in [4.78, 5) is 0. The maximum atomic E-state index is 6.40. The van der Waals surface area contributed by atoms with Crippen LogP contribution < -0.4 is 14.8 Å². The number of benzene rings is 2. The van der Waals surface area contributed by atoms with Crippen LogP contribution in [0.2, 0.25) is 0 Å². The molecule has 0 bridgehead atoms. The van der Waals surface area contributed by atoms with Crippen molar-refractivity contribution in [2.75, 3.05) is 12.3 Å². The van der Waals surface area contributed by atoms with Gasteiger partial charge in [-0.25, -0.2) is 0 Å². The topological polar surface area (TPSA) is 30.5 Å². The average molecular weight is 466 g/mol. The zero-order chi connectivity index (χ0) is 22.3. The van der Waals surface area contributed by atoms with Gasteiger partial charge in [0.15, 0.2) is 0 Å². The molecule has 2 aromatic carbocycles. The molecule has 0 aromatic heterocycles. The van der Waals surface area contributed by atoms with Crippen molar-refractivity contribution in [3.8, 4) is 11.5 Å². The van der Waals surface area contributed by atoms with E-state index in [1.807, 2.05) is 0 Å². The van der Waals surface area contributed by atoms with Gasteiger partial charge >= 0.3 is 0 Å². The minimum atomic E-state index is 0.161. The second-order valence-electron chi connectivity index (χ2n) is 10.0. The smallest absolute Gasteiger partial charge is 0.124 e. The van der Waals surface area contributed by atoms with Gasteiger partial charge in [-0.15, -0.1) is 0 Å². The van der Waals surface area contributed by atoms with E-state index in [4.69, 9.17) is 9.47 Å². The molecule has 0 amide bonds. The second-order valence-corrected chi connectivity index (χ2v) is 11.4. The van der Waals surface area contributed by atoms with Crippen LogP contribution in [-0.2, 0) is 6.42 Å². The molecule has 3 nitrogen and oxygen atoms in total. The number of nitrogens with one attached hydrogen (secondary N) is 1. The van der Waals surface area contributed by atoms with Crippen LogP contribution in [0.3, 0.4) is 0 Å². The van der Waals surface area contributed by atoms with Crippen LogP contribution in [0.1, 0.15) is 81.4 Å². The Morgan fingerprint density at radius 3 is 2.52 bits per heavy atom. The van der Waals surface area contributed by atoms with E-state index in [9.17, 15) is 0 Å². The van der Waals surface area contributed by atoms with Crippen molar-refractivity contribution in [2.24, 2.45) is 0 Å². The summed E-state index contributed by atoms with van der Waals surface area (Å²) in [5, 5.41) is 4.74. The van der Waals surface area contributed by atoms with Crippen molar-refractivity contribution in [3.63, 3.8) is 0 Å². The van der Waals surface area contributed by atoms with E-state index in [1.54, 1.807) is 0 Å². The fraction of sp³-hybridized carbons (Fsp3) is 0.586. The zero-order valence-corrected chi connectivity index (χ0v) is 20.7. The number of fused-ring (bicyclic) bond motifs is 1. The summed E-state index contributed by atoms with van der Waals surface area (Å²) in [6, 6.07) is 17.6. The highest BCUT2D eigenvalue weighted by Gasteiger charge is 2.24. The average Bonchev–Trinajstić information content (AvgIpc) is 2.88. The van der Waals surface area contributed by atoms with Gasteiger partial charge in [-0.1, -0.05) is 49.6 Å². The van der Waals surface area contributed by atoms with Crippen molar-refractivity contribution >= 4 is 11.8 Å². The molecule has 2 aromatic rings. The third-order valence-corrected chi connectivity index (χ3v) is 8.95. The first-order chi connectivity index (χ1) is 16.3. The standard InChI is InChI=1S/C29H39NO2S/c1-3-7-22(8-4-1)28-17-11-23-21-26(16-18-29(23)32-28)31-25-14-12-24(13-15-25)30-19-20-33-27-9-5-2-6-10-27/h1,3-4,7-8,16,18,21,24-25,27-28,30H,2,5-6,9-15,17,19-20H2. The molecule has 3 aliphatic rings. The van der Waals surface area contributed by atoms with E-state index in [0.29, 0.717) is 12.1 Å². The molecule has 1 atom stereocenters. The van der Waals surface area contributed by atoms with Crippen LogP contribution >= 0.6 is 11.8 Å². The van der Waals surface area contributed by atoms with Gasteiger partial charge in [0.25, 0.3) is 0 Å². The summed E-state index contributed by atoms with van der Waals surface area (Å²) in [5.74, 6) is 3.29. The van der Waals surface area contributed by atoms with E-state index in [0.717, 1.165) is 49.0 Å². The molecule has 33 heavy (non-hydrogen) atoms. The molecular weight excluding hydrogens is 426 g/mol. The fourth-order valence-corrected chi connectivity index (χ4v) is 6.87. The predicted octanol–water partition coefficient (Wildman–Crippen LogP) is 7.10. The molecule has 1 heterocycles. The quantitative estimate of drug-likeness (QED) is 0.421. The van der Waals surface area contributed by atoms with Crippen LogP contribution in [0.5, 0.6) is 11.5 Å². The fourth-order valence-electron chi connectivity index (χ4n) is 5.64. The minimum absolute atomic E-state index is 0.161. The van der Waals surface area contributed by atoms with Crippen molar-refractivity contribution in [1.29, 1.82) is 0 Å². The Labute approximate surface area is 204 Å². The van der Waals surface area contributed by atoms with Gasteiger partial charge in [0.2, 0.25) is 0 Å². The lowest BCUT2D eigenvalue weighted by Gasteiger charge is -2.31. The van der Waals surface area contributed by atoms with Crippen LogP contribution in [-0.4, -0.2) is 29.7 Å². The van der Waals surface area contributed by atoms with E-state index < -0.39 is 0 Å². The highest BCUT2D eigenvalue weighted by atomic mass is 32.2. The number of aryl methyl sites for hydroxylation is 1. The lowest BCUT2D eigenvalue weighted by molar-refractivity contribution is 0.139. The number of rotatable bonds is 8. The van der Waals surface area contributed by atoms with Crippen LogP contribution in [0.15, 0.2) is 48.5 Å². The van der Waals surface area contributed by atoms with E-state index in [-0.39, 0.29) is 6.10 Å². The monoisotopic (exact) mass is 465 g/mol. The Balaban J connectivity index is 1.03. The van der Waals surface area contributed by atoms with Crippen molar-refractivity contribution < 1.29 is 9.47 Å². The first-order valence-electron chi connectivity index (χ1n) is 13.2. The molecule has 2 aliphatic carbocycles. The molecule has 1 N–H and O–H groups in total. The van der Waals surface area contributed by atoms with Crippen molar-refractivity contribution in [2.45, 2.75) is 94.1 Å². The Hall–Kier alpha value is -1.65. The van der Waals surface area contributed by atoms with Gasteiger partial charge in [0, 0.05) is 23.6 Å². The summed E-state index contributed by atoms with van der Waals surface area (Å²) < 4.78 is 12.7. The van der Waals surface area contributed by atoms with Gasteiger partial charge in [0.1, 0.15) is 17.6 Å². The number of ether oxygens (including phenoxy) is 2. The molecule has 4 heteroatoms. The number of hydrogen-bond donors (Lipinski definition) is 1. The summed E-state index contributed by atoms with van der Waals surface area (Å²) >= 11 is 2.20. The largest absolute Gasteiger partial charge is 0.490 e. The van der Waals surface area contributed by atoms with Crippen LogP contribution in [0, 0.1) is 0 Å². The third kappa shape index (κ3) is 6.48. The number of thioether (sulfide) groups is 1.